The van der Waals surface area contributed by atoms with Crippen LogP contribution in [0.2, 0.25) is 0 Å². The Morgan fingerprint density at radius 3 is 2.45 bits per heavy atom. The average Bonchev–Trinajstić information content (AvgIpc) is 2.50. The summed E-state index contributed by atoms with van der Waals surface area (Å²) in [5, 5.41) is 12.9. The first-order valence-electron chi connectivity index (χ1n) is 7.87. The fourth-order valence-electron chi connectivity index (χ4n) is 2.83. The van der Waals surface area contributed by atoms with Gasteiger partial charge in [0.25, 0.3) is 0 Å². The summed E-state index contributed by atoms with van der Waals surface area (Å²) in [5.41, 5.74) is 0. The van der Waals surface area contributed by atoms with Crippen LogP contribution in [0.1, 0.15) is 6.42 Å². The number of nitrogens with zero attached hydrogens (tertiary/aromatic N) is 3. The van der Waals surface area contributed by atoms with E-state index in [2.05, 4.69) is 27.1 Å². The van der Waals surface area contributed by atoms with E-state index < -0.39 is 0 Å². The standard InChI is InChI=1S/C14H30N4O2/c1-16-8-10-18(11-9-16)14(13-19)20-12-2-5-17-6-3-15-4-7-17/h14-15,19H,2-13H2,1H3. The Morgan fingerprint density at radius 2 is 1.80 bits per heavy atom. The van der Waals surface area contributed by atoms with Gasteiger partial charge in [-0.1, -0.05) is 0 Å². The molecule has 0 saturated carbocycles. The highest BCUT2D eigenvalue weighted by Gasteiger charge is 2.22. The Balaban J connectivity index is 1.58. The van der Waals surface area contributed by atoms with Crippen molar-refractivity contribution in [1.29, 1.82) is 0 Å². The summed E-state index contributed by atoms with van der Waals surface area (Å²) in [7, 11) is 2.14. The molecule has 1 atom stereocenters. The van der Waals surface area contributed by atoms with Crippen LogP contribution < -0.4 is 5.32 Å². The quantitative estimate of drug-likeness (QED) is 0.577. The molecule has 0 aromatic carbocycles. The molecule has 6 nitrogen and oxygen atoms in total. The number of likely N-dealkylation sites (N-methyl/N-ethyl adjacent to an activating group) is 1. The summed E-state index contributed by atoms with van der Waals surface area (Å²) in [4.78, 5) is 7.05. The SMILES string of the molecule is CN1CCN(C(CO)OCCCN2CCNCC2)CC1. The van der Waals surface area contributed by atoms with E-state index in [0.717, 1.165) is 71.9 Å². The first-order valence-corrected chi connectivity index (χ1v) is 7.87. The van der Waals surface area contributed by atoms with Crippen molar-refractivity contribution in [3.8, 4) is 0 Å². The van der Waals surface area contributed by atoms with E-state index in [4.69, 9.17) is 4.74 Å². The minimum atomic E-state index is -0.119. The van der Waals surface area contributed by atoms with Crippen molar-refractivity contribution in [3.63, 3.8) is 0 Å². The Labute approximate surface area is 122 Å². The van der Waals surface area contributed by atoms with Crippen molar-refractivity contribution in [2.75, 3.05) is 79.2 Å². The van der Waals surface area contributed by atoms with Gasteiger partial charge < -0.3 is 25.0 Å². The van der Waals surface area contributed by atoms with Crippen molar-refractivity contribution >= 4 is 0 Å². The summed E-state index contributed by atoms with van der Waals surface area (Å²) in [6.45, 7) is 10.5. The number of nitrogens with one attached hydrogen (secondary N) is 1. The summed E-state index contributed by atoms with van der Waals surface area (Å²) in [5.74, 6) is 0. The molecule has 2 aliphatic heterocycles. The molecule has 0 aromatic rings. The van der Waals surface area contributed by atoms with Crippen molar-refractivity contribution in [2.24, 2.45) is 0 Å². The lowest BCUT2D eigenvalue weighted by atomic mass is 10.3. The molecule has 0 aliphatic carbocycles. The maximum atomic E-state index is 9.49. The van der Waals surface area contributed by atoms with E-state index in [-0.39, 0.29) is 12.8 Å². The molecule has 118 valence electrons. The van der Waals surface area contributed by atoms with Gasteiger partial charge in [-0.05, 0) is 13.5 Å². The van der Waals surface area contributed by atoms with Crippen molar-refractivity contribution < 1.29 is 9.84 Å². The molecule has 6 heteroatoms. The lowest BCUT2D eigenvalue weighted by Crippen LogP contribution is -2.51. The predicted octanol–water partition coefficient (Wildman–Crippen LogP) is -1.14. The van der Waals surface area contributed by atoms with E-state index in [1.165, 1.54) is 0 Å². The highest BCUT2D eigenvalue weighted by atomic mass is 16.5. The third-order valence-electron chi connectivity index (χ3n) is 4.24. The summed E-state index contributed by atoms with van der Waals surface area (Å²) < 4.78 is 5.87. The van der Waals surface area contributed by atoms with Crippen LogP contribution in [0.5, 0.6) is 0 Å². The fraction of sp³-hybridized carbons (Fsp3) is 1.00. The lowest BCUT2D eigenvalue weighted by molar-refractivity contribution is -0.0998. The molecule has 2 aliphatic rings. The summed E-state index contributed by atoms with van der Waals surface area (Å²) in [6.07, 6.45) is 0.927. The van der Waals surface area contributed by atoms with Gasteiger partial charge in [0.05, 0.1) is 13.2 Å². The number of piperazine rings is 2. The topological polar surface area (TPSA) is 51.2 Å². The molecule has 2 heterocycles. The third kappa shape index (κ3) is 5.27. The van der Waals surface area contributed by atoms with Crippen LogP contribution in [-0.4, -0.2) is 105 Å². The average molecular weight is 286 g/mol. The van der Waals surface area contributed by atoms with Gasteiger partial charge in [-0.2, -0.15) is 0 Å². The first kappa shape index (κ1) is 16.1. The molecule has 0 aromatic heterocycles. The predicted molar refractivity (Wildman–Crippen MR) is 79.8 cm³/mol. The molecule has 1 unspecified atom stereocenters. The molecular weight excluding hydrogens is 256 g/mol. The molecule has 0 bridgehead atoms. The largest absolute Gasteiger partial charge is 0.392 e. The minimum Gasteiger partial charge on any atom is -0.392 e. The molecule has 2 fully saturated rings. The molecular formula is C14H30N4O2. The zero-order valence-electron chi connectivity index (χ0n) is 12.8. The normalized spacial score (nSPS) is 24.9. The lowest BCUT2D eigenvalue weighted by Gasteiger charge is -2.37. The van der Waals surface area contributed by atoms with E-state index in [1.54, 1.807) is 0 Å². The molecule has 0 amide bonds. The smallest absolute Gasteiger partial charge is 0.134 e. The molecule has 2 rings (SSSR count). The third-order valence-corrected chi connectivity index (χ3v) is 4.24. The molecule has 2 saturated heterocycles. The van der Waals surface area contributed by atoms with Crippen molar-refractivity contribution in [1.82, 2.24) is 20.0 Å². The number of hydrogen-bond donors (Lipinski definition) is 2. The maximum absolute atomic E-state index is 9.49. The summed E-state index contributed by atoms with van der Waals surface area (Å²) >= 11 is 0. The van der Waals surface area contributed by atoms with Crippen LogP contribution in [0, 0.1) is 0 Å². The first-order chi connectivity index (χ1) is 9.79. The summed E-state index contributed by atoms with van der Waals surface area (Å²) in [6, 6.07) is 0. The number of ether oxygens (including phenoxy) is 1. The van der Waals surface area contributed by atoms with Crippen LogP contribution in [0.3, 0.4) is 0 Å². The second-order valence-corrected chi connectivity index (χ2v) is 5.79. The second-order valence-electron chi connectivity index (χ2n) is 5.79. The van der Waals surface area contributed by atoms with Gasteiger partial charge in [0.1, 0.15) is 6.23 Å². The molecule has 20 heavy (non-hydrogen) atoms. The highest BCUT2D eigenvalue weighted by molar-refractivity contribution is 4.72. The molecule has 2 N–H and O–H groups in total. The van der Waals surface area contributed by atoms with Crippen LogP contribution in [0.15, 0.2) is 0 Å². The van der Waals surface area contributed by atoms with Crippen LogP contribution in [-0.2, 0) is 4.74 Å². The van der Waals surface area contributed by atoms with Gasteiger partial charge in [-0.25, -0.2) is 0 Å². The highest BCUT2D eigenvalue weighted by Crippen LogP contribution is 2.07. The van der Waals surface area contributed by atoms with Gasteiger partial charge in [0.2, 0.25) is 0 Å². The molecule has 0 radical (unpaired) electrons. The van der Waals surface area contributed by atoms with Gasteiger partial charge in [-0.3, -0.25) is 4.90 Å². The monoisotopic (exact) mass is 286 g/mol. The van der Waals surface area contributed by atoms with Crippen molar-refractivity contribution in [3.05, 3.63) is 0 Å². The van der Waals surface area contributed by atoms with Crippen molar-refractivity contribution in [2.45, 2.75) is 12.6 Å². The Hall–Kier alpha value is -0.240. The van der Waals surface area contributed by atoms with Crippen LogP contribution >= 0.6 is 0 Å². The Kier molecular flexibility index (Phi) is 7.19. The zero-order valence-corrected chi connectivity index (χ0v) is 12.8. The molecule has 0 spiro atoms. The number of hydrogen-bond acceptors (Lipinski definition) is 6. The van der Waals surface area contributed by atoms with Gasteiger partial charge in [-0.15, -0.1) is 0 Å². The van der Waals surface area contributed by atoms with E-state index in [0.29, 0.717) is 0 Å². The maximum Gasteiger partial charge on any atom is 0.134 e. The van der Waals surface area contributed by atoms with E-state index in [9.17, 15) is 5.11 Å². The second kappa shape index (κ2) is 8.92. The van der Waals surface area contributed by atoms with Gasteiger partial charge >= 0.3 is 0 Å². The number of rotatable bonds is 7. The van der Waals surface area contributed by atoms with Gasteiger partial charge in [0.15, 0.2) is 0 Å². The minimum absolute atomic E-state index is 0.0946. The zero-order chi connectivity index (χ0) is 14.2. The van der Waals surface area contributed by atoms with Crippen LogP contribution in [0.4, 0.5) is 0 Å². The number of aliphatic hydroxyl groups excluding tert-OH is 1. The Morgan fingerprint density at radius 1 is 1.10 bits per heavy atom. The van der Waals surface area contributed by atoms with E-state index in [1.807, 2.05) is 0 Å². The Bertz CT molecular complexity index is 254. The fourth-order valence-corrected chi connectivity index (χ4v) is 2.83. The number of aliphatic hydroxyl groups is 1. The van der Waals surface area contributed by atoms with E-state index >= 15 is 0 Å². The van der Waals surface area contributed by atoms with Crippen LogP contribution in [0.25, 0.3) is 0 Å². The van der Waals surface area contributed by atoms with Gasteiger partial charge in [0, 0.05) is 58.9 Å².